The van der Waals surface area contributed by atoms with E-state index in [0.29, 0.717) is 27.5 Å². The van der Waals surface area contributed by atoms with Gasteiger partial charge in [0.25, 0.3) is 17.5 Å². The summed E-state index contributed by atoms with van der Waals surface area (Å²) in [6.45, 7) is 0. The maximum absolute atomic E-state index is 13.2. The molecule has 1 N–H and O–H groups in total. The number of hydrogen-bond acceptors (Lipinski definition) is 7. The van der Waals surface area contributed by atoms with E-state index in [1.807, 2.05) is 0 Å². The minimum Gasteiger partial charge on any atom is -0.372 e. The van der Waals surface area contributed by atoms with E-state index in [0.717, 1.165) is 11.8 Å². The van der Waals surface area contributed by atoms with Gasteiger partial charge < -0.3 is 10.2 Å². The second-order valence-corrected chi connectivity index (χ2v) is 9.60. The van der Waals surface area contributed by atoms with Crippen molar-refractivity contribution in [2.24, 2.45) is 0 Å². The number of benzene rings is 3. The fourth-order valence-corrected chi connectivity index (χ4v) is 4.82. The van der Waals surface area contributed by atoms with Crippen LogP contribution >= 0.6 is 24.0 Å². The van der Waals surface area contributed by atoms with Crippen LogP contribution in [0.4, 0.5) is 27.1 Å². The van der Waals surface area contributed by atoms with Crippen LogP contribution in [0.5, 0.6) is 0 Å². The third kappa shape index (κ3) is 5.26. The number of anilines is 3. The van der Waals surface area contributed by atoms with Gasteiger partial charge in [-0.1, -0.05) is 36.1 Å². The molecule has 1 saturated heterocycles. The second-order valence-electron chi connectivity index (χ2n) is 7.93. The van der Waals surface area contributed by atoms with E-state index in [2.05, 4.69) is 5.32 Å². The molecule has 2 amide bonds. The highest BCUT2D eigenvalue weighted by Gasteiger charge is 2.33. The summed E-state index contributed by atoms with van der Waals surface area (Å²) in [6, 6.07) is 16.5. The van der Waals surface area contributed by atoms with Crippen molar-refractivity contribution in [3.63, 3.8) is 0 Å². The first-order valence-corrected chi connectivity index (χ1v) is 11.8. The Balaban J connectivity index is 1.58. The monoisotopic (exact) mass is 522 g/mol. The molecule has 8 nitrogen and oxygen atoms in total. The normalized spacial score (nSPS) is 14.3. The molecular weight excluding hydrogens is 503 g/mol. The highest BCUT2D eigenvalue weighted by atomic mass is 32.2. The lowest BCUT2D eigenvalue weighted by molar-refractivity contribution is -0.384. The van der Waals surface area contributed by atoms with Gasteiger partial charge in [-0.2, -0.15) is 0 Å². The highest BCUT2D eigenvalue weighted by molar-refractivity contribution is 8.27. The summed E-state index contributed by atoms with van der Waals surface area (Å²) in [4.78, 5) is 40.1. The molecule has 36 heavy (non-hydrogen) atoms. The molecule has 0 aromatic heterocycles. The van der Waals surface area contributed by atoms with E-state index in [1.54, 1.807) is 55.4 Å². The molecule has 0 radical (unpaired) electrons. The number of nitro groups is 1. The molecule has 182 valence electrons. The number of nitro benzene ring substituents is 1. The summed E-state index contributed by atoms with van der Waals surface area (Å²) >= 11 is 6.48. The predicted octanol–water partition coefficient (Wildman–Crippen LogP) is 5.46. The highest BCUT2D eigenvalue weighted by Crippen LogP contribution is 2.37. The van der Waals surface area contributed by atoms with Crippen LogP contribution < -0.4 is 15.1 Å². The Morgan fingerprint density at radius 1 is 1.14 bits per heavy atom. The third-order valence-corrected chi connectivity index (χ3v) is 6.54. The zero-order chi connectivity index (χ0) is 26.0. The van der Waals surface area contributed by atoms with Gasteiger partial charge in [0.1, 0.15) is 11.5 Å². The first-order chi connectivity index (χ1) is 17.1. The molecule has 0 spiro atoms. The Hall–Kier alpha value is -4.09. The zero-order valence-electron chi connectivity index (χ0n) is 19.1. The number of halogens is 1. The lowest BCUT2D eigenvalue weighted by Crippen LogP contribution is -2.27. The minimum atomic E-state index is -0.472. The minimum absolute atomic E-state index is 0.0795. The van der Waals surface area contributed by atoms with Crippen molar-refractivity contribution in [2.75, 3.05) is 29.2 Å². The molecule has 0 aliphatic carbocycles. The van der Waals surface area contributed by atoms with Crippen LogP contribution in [0.2, 0.25) is 0 Å². The molecule has 3 aromatic rings. The fraction of sp³-hybridized carbons (Fsp3) is 0.0800. The lowest BCUT2D eigenvalue weighted by Gasteiger charge is -2.15. The van der Waals surface area contributed by atoms with Gasteiger partial charge in [-0.15, -0.1) is 0 Å². The average molecular weight is 523 g/mol. The molecule has 0 atom stereocenters. The Labute approximate surface area is 215 Å². The van der Waals surface area contributed by atoms with Gasteiger partial charge in [0.05, 0.1) is 15.5 Å². The van der Waals surface area contributed by atoms with Crippen LogP contribution in [-0.2, 0) is 4.79 Å². The first-order valence-electron chi connectivity index (χ1n) is 10.5. The van der Waals surface area contributed by atoms with Crippen LogP contribution in [0.15, 0.2) is 71.6 Å². The number of nitrogens with zero attached hydrogens (tertiary/aromatic N) is 3. The van der Waals surface area contributed by atoms with Gasteiger partial charge in [-0.05, 0) is 60.2 Å². The van der Waals surface area contributed by atoms with Crippen LogP contribution in [0, 0.1) is 15.9 Å². The van der Waals surface area contributed by atoms with E-state index in [1.165, 1.54) is 41.3 Å². The number of carbonyl (C=O) groups excluding carboxylic acids is 2. The van der Waals surface area contributed by atoms with Crippen LogP contribution in [0.25, 0.3) is 6.08 Å². The smallest absolute Gasteiger partial charge is 0.293 e. The molecule has 1 fully saturated rings. The van der Waals surface area contributed by atoms with Crippen LogP contribution in [-0.4, -0.2) is 35.2 Å². The number of amides is 2. The standard InChI is InChI=1S/C25H19FN4O4S2/c1-28(2)20-11-6-15(12-21(20)30(33)34)13-22-24(32)29(25(35)36-22)19-5-3-4-16(14-19)23(31)27-18-9-7-17(26)8-10-18/h3-14H,1-2H3,(H,27,31)/b22-13+. The maximum Gasteiger partial charge on any atom is 0.293 e. The molecule has 4 rings (SSSR count). The average Bonchev–Trinajstić information content (AvgIpc) is 3.12. The van der Waals surface area contributed by atoms with Gasteiger partial charge in [0.2, 0.25) is 0 Å². The van der Waals surface area contributed by atoms with Crippen molar-refractivity contribution in [3.8, 4) is 0 Å². The fourth-order valence-electron chi connectivity index (χ4n) is 3.52. The molecular formula is C25H19FN4O4S2. The van der Waals surface area contributed by atoms with Crippen molar-refractivity contribution in [1.29, 1.82) is 0 Å². The van der Waals surface area contributed by atoms with Crippen molar-refractivity contribution in [3.05, 3.63) is 98.7 Å². The van der Waals surface area contributed by atoms with Crippen molar-refractivity contribution in [2.45, 2.75) is 0 Å². The molecule has 1 aliphatic heterocycles. The summed E-state index contributed by atoms with van der Waals surface area (Å²) in [5.74, 6) is -1.25. The van der Waals surface area contributed by atoms with Gasteiger partial charge in [0.15, 0.2) is 4.32 Å². The number of rotatable bonds is 6. The summed E-state index contributed by atoms with van der Waals surface area (Å²) in [7, 11) is 3.42. The first kappa shape index (κ1) is 25.0. The topological polar surface area (TPSA) is 95.8 Å². The number of nitrogens with one attached hydrogen (secondary N) is 1. The van der Waals surface area contributed by atoms with Crippen molar-refractivity contribution in [1.82, 2.24) is 0 Å². The summed E-state index contributed by atoms with van der Waals surface area (Å²) in [6.07, 6.45) is 1.55. The summed E-state index contributed by atoms with van der Waals surface area (Å²) in [5, 5.41) is 14.2. The van der Waals surface area contributed by atoms with E-state index in [9.17, 15) is 24.1 Å². The molecule has 3 aromatic carbocycles. The van der Waals surface area contributed by atoms with Gasteiger partial charge in [-0.3, -0.25) is 24.6 Å². The maximum atomic E-state index is 13.2. The SMILES string of the molecule is CN(C)c1ccc(/C=C2/SC(=S)N(c3cccc(C(=O)Nc4ccc(F)cc4)c3)C2=O)cc1[N+](=O)[O-]. The number of carbonyl (C=O) groups is 2. The van der Waals surface area contributed by atoms with E-state index in [4.69, 9.17) is 12.2 Å². The van der Waals surface area contributed by atoms with Crippen molar-refractivity contribution < 1.29 is 18.9 Å². The largest absolute Gasteiger partial charge is 0.372 e. The van der Waals surface area contributed by atoms with E-state index in [-0.39, 0.29) is 15.6 Å². The Bertz CT molecular complexity index is 1420. The lowest BCUT2D eigenvalue weighted by atomic mass is 10.1. The Morgan fingerprint density at radius 2 is 1.86 bits per heavy atom. The molecule has 11 heteroatoms. The van der Waals surface area contributed by atoms with E-state index < -0.39 is 22.6 Å². The van der Waals surface area contributed by atoms with Crippen LogP contribution in [0.1, 0.15) is 15.9 Å². The molecule has 1 aliphatic rings. The number of hydrogen-bond donors (Lipinski definition) is 1. The number of thioether (sulfide) groups is 1. The second kappa shape index (κ2) is 10.3. The van der Waals surface area contributed by atoms with Gasteiger partial charge >= 0.3 is 0 Å². The zero-order valence-corrected chi connectivity index (χ0v) is 20.7. The van der Waals surface area contributed by atoms with E-state index >= 15 is 0 Å². The summed E-state index contributed by atoms with van der Waals surface area (Å²) < 4.78 is 13.4. The Kier molecular flexibility index (Phi) is 7.13. The molecule has 0 bridgehead atoms. The molecule has 0 unspecified atom stereocenters. The quantitative estimate of drug-likeness (QED) is 0.199. The molecule has 0 saturated carbocycles. The third-order valence-electron chi connectivity index (χ3n) is 5.24. The predicted molar refractivity (Wildman–Crippen MR) is 144 cm³/mol. The number of thiocarbonyl (C=S) groups is 1. The molecule has 1 heterocycles. The Morgan fingerprint density at radius 3 is 2.53 bits per heavy atom. The van der Waals surface area contributed by atoms with Gasteiger partial charge in [-0.25, -0.2) is 4.39 Å². The van der Waals surface area contributed by atoms with Gasteiger partial charge in [0, 0.05) is 31.4 Å². The summed E-state index contributed by atoms with van der Waals surface area (Å²) in [5.41, 5.74) is 1.96. The van der Waals surface area contributed by atoms with Crippen LogP contribution in [0.3, 0.4) is 0 Å². The van der Waals surface area contributed by atoms with Crippen molar-refractivity contribution >= 4 is 68.9 Å².